The molecule has 2 rings (SSSR count). The monoisotopic (exact) mass is 382 g/mol. The van der Waals surface area contributed by atoms with Gasteiger partial charge >= 0.3 is 0 Å². The molecule has 4 nitrogen and oxygen atoms in total. The number of amides is 1. The lowest BCUT2D eigenvalue weighted by Gasteiger charge is -2.33. The zero-order chi connectivity index (χ0) is 13.8. The van der Waals surface area contributed by atoms with Gasteiger partial charge in [0.15, 0.2) is 6.61 Å². The summed E-state index contributed by atoms with van der Waals surface area (Å²) in [5.74, 6) is 0.522. The van der Waals surface area contributed by atoms with Gasteiger partial charge in [0.05, 0.1) is 5.02 Å². The van der Waals surface area contributed by atoms with Gasteiger partial charge in [-0.3, -0.25) is 4.79 Å². The number of hydrogen-bond acceptors (Lipinski definition) is 3. The van der Waals surface area contributed by atoms with Crippen molar-refractivity contribution >= 4 is 45.8 Å². The van der Waals surface area contributed by atoms with Crippen LogP contribution in [0.1, 0.15) is 6.92 Å². The Kier molecular flexibility index (Phi) is 7.09. The van der Waals surface area contributed by atoms with Crippen LogP contribution in [0, 0.1) is 0 Å². The normalized spacial score (nSPS) is 18.4. The highest BCUT2D eigenvalue weighted by Crippen LogP contribution is 2.27. The Balaban J connectivity index is 0.00000200. The molecule has 7 heteroatoms. The largest absolute Gasteiger partial charge is 0.482 e. The van der Waals surface area contributed by atoms with Crippen LogP contribution >= 0.6 is 39.9 Å². The number of halogens is 3. The molecule has 20 heavy (non-hydrogen) atoms. The van der Waals surface area contributed by atoms with E-state index < -0.39 is 0 Å². The van der Waals surface area contributed by atoms with Crippen LogP contribution in [0.4, 0.5) is 0 Å². The fourth-order valence-corrected chi connectivity index (χ4v) is 2.75. The van der Waals surface area contributed by atoms with Crippen LogP contribution in [0.3, 0.4) is 0 Å². The number of ether oxygens (including phenoxy) is 1. The zero-order valence-electron chi connectivity index (χ0n) is 11.1. The number of carbonyl (C=O) groups excluding carboxylic acids is 1. The Bertz CT molecular complexity index is 474. The number of rotatable bonds is 3. The van der Waals surface area contributed by atoms with Gasteiger partial charge in [-0.2, -0.15) is 0 Å². The summed E-state index contributed by atoms with van der Waals surface area (Å²) in [6, 6.07) is 5.53. The average Bonchev–Trinajstić information content (AvgIpc) is 2.38. The van der Waals surface area contributed by atoms with Gasteiger partial charge in [-0.15, -0.1) is 12.4 Å². The molecule has 0 aromatic heterocycles. The maximum atomic E-state index is 12.1. The summed E-state index contributed by atoms with van der Waals surface area (Å²) in [4.78, 5) is 13.9. The van der Waals surface area contributed by atoms with Crippen molar-refractivity contribution in [3.05, 3.63) is 27.7 Å². The first-order valence-electron chi connectivity index (χ1n) is 6.16. The summed E-state index contributed by atoms with van der Waals surface area (Å²) >= 11 is 9.36. The molecule has 0 unspecified atom stereocenters. The van der Waals surface area contributed by atoms with E-state index in [1.54, 1.807) is 12.1 Å². The van der Waals surface area contributed by atoms with E-state index in [1.807, 2.05) is 17.9 Å². The maximum absolute atomic E-state index is 12.1. The second-order valence-electron chi connectivity index (χ2n) is 4.50. The Morgan fingerprint density at radius 2 is 2.35 bits per heavy atom. The summed E-state index contributed by atoms with van der Waals surface area (Å²) in [7, 11) is 0. The summed E-state index contributed by atoms with van der Waals surface area (Å²) in [6.45, 7) is 4.42. The van der Waals surface area contributed by atoms with E-state index in [0.717, 1.165) is 24.1 Å². The average molecular weight is 384 g/mol. The first-order valence-corrected chi connectivity index (χ1v) is 7.33. The summed E-state index contributed by atoms with van der Waals surface area (Å²) in [6.07, 6.45) is 0. The lowest BCUT2D eigenvalue weighted by molar-refractivity contribution is -0.136. The quantitative estimate of drug-likeness (QED) is 0.872. The molecule has 0 aliphatic carbocycles. The van der Waals surface area contributed by atoms with Crippen LogP contribution in [-0.4, -0.2) is 43.1 Å². The number of piperazine rings is 1. The van der Waals surface area contributed by atoms with Crippen molar-refractivity contribution in [3.8, 4) is 5.75 Å². The molecule has 0 radical (unpaired) electrons. The van der Waals surface area contributed by atoms with Crippen LogP contribution < -0.4 is 10.1 Å². The number of nitrogens with one attached hydrogen (secondary N) is 1. The van der Waals surface area contributed by atoms with Gasteiger partial charge in [0.1, 0.15) is 5.75 Å². The second kappa shape index (κ2) is 8.08. The van der Waals surface area contributed by atoms with Crippen LogP contribution in [0.2, 0.25) is 5.02 Å². The lowest BCUT2D eigenvalue weighted by atomic mass is 10.2. The van der Waals surface area contributed by atoms with Gasteiger partial charge in [-0.25, -0.2) is 0 Å². The fourth-order valence-electron chi connectivity index (χ4n) is 2.03. The first kappa shape index (κ1) is 17.6. The number of nitrogens with zero attached hydrogens (tertiary/aromatic N) is 1. The van der Waals surface area contributed by atoms with Gasteiger partial charge in [-0.1, -0.05) is 27.5 Å². The predicted octanol–water partition coefficient (Wildman–Crippen LogP) is 2.72. The van der Waals surface area contributed by atoms with Crippen LogP contribution in [-0.2, 0) is 4.79 Å². The molecule has 0 saturated carbocycles. The van der Waals surface area contributed by atoms with Crippen molar-refractivity contribution < 1.29 is 9.53 Å². The minimum absolute atomic E-state index is 0. The summed E-state index contributed by atoms with van der Waals surface area (Å²) in [5, 5.41) is 3.74. The van der Waals surface area contributed by atoms with Crippen molar-refractivity contribution in [2.45, 2.75) is 13.0 Å². The van der Waals surface area contributed by atoms with Crippen LogP contribution in [0.25, 0.3) is 0 Å². The third-order valence-corrected chi connectivity index (χ3v) is 3.86. The molecule has 1 atom stereocenters. The lowest BCUT2D eigenvalue weighted by Crippen LogP contribution is -2.53. The van der Waals surface area contributed by atoms with E-state index in [4.69, 9.17) is 16.3 Å². The van der Waals surface area contributed by atoms with Crippen molar-refractivity contribution in [2.75, 3.05) is 26.2 Å². The molecule has 0 spiro atoms. The van der Waals surface area contributed by atoms with Crippen molar-refractivity contribution in [1.82, 2.24) is 10.2 Å². The zero-order valence-corrected chi connectivity index (χ0v) is 14.2. The number of benzene rings is 1. The van der Waals surface area contributed by atoms with Crippen LogP contribution in [0.5, 0.6) is 5.75 Å². The molecule has 1 aromatic rings. The Morgan fingerprint density at radius 3 is 3.00 bits per heavy atom. The van der Waals surface area contributed by atoms with E-state index in [-0.39, 0.29) is 31.0 Å². The van der Waals surface area contributed by atoms with Gasteiger partial charge in [0, 0.05) is 30.1 Å². The fraction of sp³-hybridized carbons (Fsp3) is 0.462. The molecular weight excluding hydrogens is 367 g/mol. The third kappa shape index (κ3) is 4.52. The van der Waals surface area contributed by atoms with Gasteiger partial charge < -0.3 is 15.0 Å². The van der Waals surface area contributed by atoms with E-state index >= 15 is 0 Å². The standard InChI is InChI=1S/C13H16BrClN2O2.ClH/c1-9-7-16-4-5-17(9)13(18)8-19-12-3-2-10(14)6-11(12)15;/h2-3,6,9,16H,4-5,7-8H2,1H3;1H/t9-;/m1./s1. The van der Waals surface area contributed by atoms with E-state index in [1.165, 1.54) is 0 Å². The predicted molar refractivity (Wildman–Crippen MR) is 85.9 cm³/mol. The van der Waals surface area contributed by atoms with Crippen molar-refractivity contribution in [1.29, 1.82) is 0 Å². The highest BCUT2D eigenvalue weighted by atomic mass is 79.9. The number of hydrogen-bond donors (Lipinski definition) is 1. The Labute approximate surface area is 138 Å². The minimum Gasteiger partial charge on any atom is -0.482 e. The summed E-state index contributed by atoms with van der Waals surface area (Å²) < 4.78 is 6.37. The molecule has 112 valence electrons. The van der Waals surface area contributed by atoms with E-state index in [2.05, 4.69) is 21.2 Å². The molecule has 1 saturated heterocycles. The smallest absolute Gasteiger partial charge is 0.260 e. The molecule has 1 fully saturated rings. The molecule has 1 amide bonds. The Morgan fingerprint density at radius 1 is 1.60 bits per heavy atom. The molecule has 1 N–H and O–H groups in total. The summed E-state index contributed by atoms with van der Waals surface area (Å²) in [5.41, 5.74) is 0. The van der Waals surface area contributed by atoms with E-state index in [9.17, 15) is 4.79 Å². The molecular formula is C13H17BrCl2N2O2. The van der Waals surface area contributed by atoms with Crippen LogP contribution in [0.15, 0.2) is 22.7 Å². The molecule has 1 aromatic carbocycles. The van der Waals surface area contributed by atoms with E-state index in [0.29, 0.717) is 10.8 Å². The topological polar surface area (TPSA) is 41.6 Å². The van der Waals surface area contributed by atoms with Crippen molar-refractivity contribution in [2.24, 2.45) is 0 Å². The number of carbonyl (C=O) groups is 1. The minimum atomic E-state index is -0.00649. The first-order chi connectivity index (χ1) is 9.08. The third-order valence-electron chi connectivity index (χ3n) is 3.07. The molecule has 1 aliphatic rings. The SMILES string of the molecule is C[C@@H]1CNCCN1C(=O)COc1ccc(Br)cc1Cl.Cl. The highest BCUT2D eigenvalue weighted by Gasteiger charge is 2.23. The van der Waals surface area contributed by atoms with Crippen molar-refractivity contribution in [3.63, 3.8) is 0 Å². The molecule has 1 aliphatic heterocycles. The van der Waals surface area contributed by atoms with Gasteiger partial charge in [0.25, 0.3) is 5.91 Å². The van der Waals surface area contributed by atoms with Gasteiger partial charge in [-0.05, 0) is 25.1 Å². The molecule has 0 bridgehead atoms. The van der Waals surface area contributed by atoms with Gasteiger partial charge in [0.2, 0.25) is 0 Å². The maximum Gasteiger partial charge on any atom is 0.260 e. The molecule has 1 heterocycles. The highest BCUT2D eigenvalue weighted by molar-refractivity contribution is 9.10. The Hall–Kier alpha value is -0.490. The second-order valence-corrected chi connectivity index (χ2v) is 5.83.